The molecule has 3 aromatic carbocycles. The largest absolute Gasteiger partial charge is 0.493 e. The summed E-state index contributed by atoms with van der Waals surface area (Å²) in [5.74, 6) is 2.52. The monoisotopic (exact) mass is 455 g/mol. The minimum absolute atomic E-state index is 0.0202. The van der Waals surface area contributed by atoms with Crippen LogP contribution in [-0.4, -0.2) is 35.7 Å². The second-order valence-electron chi connectivity index (χ2n) is 8.81. The molecule has 6 heteroatoms. The van der Waals surface area contributed by atoms with Crippen molar-refractivity contribution in [2.45, 2.75) is 32.7 Å². The van der Waals surface area contributed by atoms with Crippen molar-refractivity contribution in [1.29, 1.82) is 0 Å². The van der Waals surface area contributed by atoms with Crippen LogP contribution in [-0.2, 0) is 11.3 Å². The molecule has 1 saturated heterocycles. The van der Waals surface area contributed by atoms with E-state index in [0.29, 0.717) is 37.6 Å². The standard InChI is InChI=1S/C28H29N3O3/c1-19-12-13-23(20(2)16-19)31-18-21(17-27(31)32)28-29-22-8-4-5-9-24(22)30(28)14-15-34-26-11-7-6-10-25(26)33-3/h4-13,16,21H,14-15,17-18H2,1-3H3. The van der Waals surface area contributed by atoms with Gasteiger partial charge in [0.15, 0.2) is 11.5 Å². The molecule has 1 aromatic heterocycles. The minimum atomic E-state index is 0.0202. The quantitative estimate of drug-likeness (QED) is 0.381. The number of methoxy groups -OCH3 is 1. The molecular formula is C28H29N3O3. The van der Waals surface area contributed by atoms with Gasteiger partial charge >= 0.3 is 0 Å². The SMILES string of the molecule is COc1ccccc1OCCn1c(C2CC(=O)N(c3ccc(C)cc3C)C2)nc2ccccc21. The number of imidazole rings is 1. The molecule has 34 heavy (non-hydrogen) atoms. The van der Waals surface area contributed by atoms with Gasteiger partial charge in [-0.25, -0.2) is 4.98 Å². The van der Waals surface area contributed by atoms with Gasteiger partial charge in [0.1, 0.15) is 12.4 Å². The summed E-state index contributed by atoms with van der Waals surface area (Å²) in [4.78, 5) is 19.9. The second kappa shape index (κ2) is 9.21. The molecule has 1 aliphatic heterocycles. The number of hydrogen-bond donors (Lipinski definition) is 0. The zero-order chi connectivity index (χ0) is 23.7. The van der Waals surface area contributed by atoms with Gasteiger partial charge < -0.3 is 18.9 Å². The molecule has 4 aromatic rings. The van der Waals surface area contributed by atoms with Crippen molar-refractivity contribution >= 4 is 22.6 Å². The van der Waals surface area contributed by atoms with Crippen LogP contribution in [0.3, 0.4) is 0 Å². The van der Waals surface area contributed by atoms with E-state index in [1.807, 2.05) is 47.4 Å². The molecule has 0 aliphatic carbocycles. The molecule has 1 amide bonds. The molecule has 1 atom stereocenters. The maximum Gasteiger partial charge on any atom is 0.227 e. The maximum absolute atomic E-state index is 13.0. The number of carbonyl (C=O) groups excluding carboxylic acids is 1. The van der Waals surface area contributed by atoms with E-state index in [0.717, 1.165) is 28.1 Å². The predicted octanol–water partition coefficient (Wildman–Crippen LogP) is 5.26. The lowest BCUT2D eigenvalue weighted by Crippen LogP contribution is -2.25. The fourth-order valence-electron chi connectivity index (χ4n) is 4.85. The van der Waals surface area contributed by atoms with E-state index >= 15 is 0 Å². The molecule has 6 nitrogen and oxygen atoms in total. The first-order chi connectivity index (χ1) is 16.5. The first kappa shape index (κ1) is 22.0. The summed E-state index contributed by atoms with van der Waals surface area (Å²) < 4.78 is 13.7. The van der Waals surface area contributed by atoms with Gasteiger partial charge in [0.2, 0.25) is 5.91 Å². The Morgan fingerprint density at radius 2 is 1.76 bits per heavy atom. The van der Waals surface area contributed by atoms with Gasteiger partial charge in [-0.1, -0.05) is 42.0 Å². The summed E-state index contributed by atoms with van der Waals surface area (Å²) >= 11 is 0. The molecule has 0 radical (unpaired) electrons. The first-order valence-corrected chi connectivity index (χ1v) is 11.6. The number of nitrogens with zero attached hydrogens (tertiary/aromatic N) is 3. The Morgan fingerprint density at radius 3 is 2.56 bits per heavy atom. The van der Waals surface area contributed by atoms with Gasteiger partial charge in [-0.3, -0.25) is 4.79 Å². The molecule has 0 spiro atoms. The van der Waals surface area contributed by atoms with Crippen molar-refractivity contribution in [2.24, 2.45) is 0 Å². The lowest BCUT2D eigenvalue weighted by Gasteiger charge is -2.20. The van der Waals surface area contributed by atoms with E-state index in [1.165, 1.54) is 5.56 Å². The van der Waals surface area contributed by atoms with E-state index < -0.39 is 0 Å². The lowest BCUT2D eigenvalue weighted by atomic mass is 10.1. The van der Waals surface area contributed by atoms with Crippen LogP contribution in [0.1, 0.15) is 29.3 Å². The highest BCUT2D eigenvalue weighted by atomic mass is 16.5. The molecule has 2 heterocycles. The molecule has 0 N–H and O–H groups in total. The molecule has 5 rings (SSSR count). The number of anilines is 1. The number of fused-ring (bicyclic) bond motifs is 1. The maximum atomic E-state index is 13.0. The number of aromatic nitrogens is 2. The van der Waals surface area contributed by atoms with Crippen molar-refractivity contribution in [3.63, 3.8) is 0 Å². The highest BCUT2D eigenvalue weighted by molar-refractivity contribution is 5.97. The van der Waals surface area contributed by atoms with E-state index in [1.54, 1.807) is 7.11 Å². The van der Waals surface area contributed by atoms with E-state index in [4.69, 9.17) is 14.5 Å². The van der Waals surface area contributed by atoms with Gasteiger partial charge in [-0.15, -0.1) is 0 Å². The number of benzene rings is 3. The van der Waals surface area contributed by atoms with Crippen LogP contribution in [0.4, 0.5) is 5.69 Å². The van der Waals surface area contributed by atoms with Crippen molar-refractivity contribution in [1.82, 2.24) is 9.55 Å². The number of hydrogen-bond acceptors (Lipinski definition) is 4. The van der Waals surface area contributed by atoms with Gasteiger partial charge in [0, 0.05) is 24.6 Å². The average Bonchev–Trinajstić information content (AvgIpc) is 3.40. The zero-order valence-corrected chi connectivity index (χ0v) is 19.8. The Kier molecular flexibility index (Phi) is 5.97. The summed E-state index contributed by atoms with van der Waals surface area (Å²) in [5, 5.41) is 0. The zero-order valence-electron chi connectivity index (χ0n) is 19.8. The van der Waals surface area contributed by atoms with Crippen LogP contribution in [0, 0.1) is 13.8 Å². The van der Waals surface area contributed by atoms with Crippen LogP contribution >= 0.6 is 0 Å². The minimum Gasteiger partial charge on any atom is -0.493 e. The number of ether oxygens (including phenoxy) is 2. The summed E-state index contributed by atoms with van der Waals surface area (Å²) in [6.07, 6.45) is 0.448. The summed E-state index contributed by atoms with van der Waals surface area (Å²) in [6, 6.07) is 22.0. The second-order valence-corrected chi connectivity index (χ2v) is 8.81. The van der Waals surface area contributed by atoms with Gasteiger partial charge in [0.05, 0.1) is 24.7 Å². The third kappa shape index (κ3) is 4.12. The lowest BCUT2D eigenvalue weighted by molar-refractivity contribution is -0.117. The van der Waals surface area contributed by atoms with Crippen molar-refractivity contribution in [3.05, 3.63) is 83.7 Å². The Labute approximate surface area is 199 Å². The predicted molar refractivity (Wildman–Crippen MR) is 134 cm³/mol. The fourth-order valence-corrected chi connectivity index (χ4v) is 4.85. The van der Waals surface area contributed by atoms with Crippen LogP contribution < -0.4 is 14.4 Å². The van der Waals surface area contributed by atoms with Crippen LogP contribution in [0.2, 0.25) is 0 Å². The summed E-state index contributed by atoms with van der Waals surface area (Å²) in [5.41, 5.74) is 5.29. The molecule has 0 bridgehead atoms. The number of amides is 1. The van der Waals surface area contributed by atoms with Gasteiger partial charge in [0.25, 0.3) is 0 Å². The smallest absolute Gasteiger partial charge is 0.227 e. The van der Waals surface area contributed by atoms with E-state index in [-0.39, 0.29) is 11.8 Å². The molecule has 174 valence electrons. The Hall–Kier alpha value is -3.80. The summed E-state index contributed by atoms with van der Waals surface area (Å²) in [7, 11) is 1.64. The molecule has 1 unspecified atom stereocenters. The fraction of sp³-hybridized carbons (Fsp3) is 0.286. The number of para-hydroxylation sites is 4. The third-order valence-electron chi connectivity index (χ3n) is 6.46. The van der Waals surface area contributed by atoms with Crippen LogP contribution in [0.15, 0.2) is 66.7 Å². The van der Waals surface area contributed by atoms with Gasteiger partial charge in [-0.05, 0) is 49.7 Å². The van der Waals surface area contributed by atoms with Crippen LogP contribution in [0.5, 0.6) is 11.5 Å². The van der Waals surface area contributed by atoms with E-state index in [9.17, 15) is 4.79 Å². The average molecular weight is 456 g/mol. The van der Waals surface area contributed by atoms with Crippen molar-refractivity contribution in [3.8, 4) is 11.5 Å². The Balaban J connectivity index is 1.41. The number of carbonyl (C=O) groups is 1. The highest BCUT2D eigenvalue weighted by Gasteiger charge is 2.35. The topological polar surface area (TPSA) is 56.6 Å². The summed E-state index contributed by atoms with van der Waals surface area (Å²) in [6.45, 7) is 5.85. The normalized spacial score (nSPS) is 15.8. The third-order valence-corrected chi connectivity index (χ3v) is 6.46. The Morgan fingerprint density at radius 1 is 1.00 bits per heavy atom. The number of aryl methyl sites for hydroxylation is 2. The van der Waals surface area contributed by atoms with Crippen molar-refractivity contribution in [2.75, 3.05) is 25.2 Å². The number of rotatable bonds is 7. The molecular weight excluding hydrogens is 426 g/mol. The first-order valence-electron chi connectivity index (χ1n) is 11.6. The van der Waals surface area contributed by atoms with Gasteiger partial charge in [-0.2, -0.15) is 0 Å². The Bertz CT molecular complexity index is 1340. The van der Waals surface area contributed by atoms with E-state index in [2.05, 4.69) is 42.7 Å². The van der Waals surface area contributed by atoms with Crippen molar-refractivity contribution < 1.29 is 14.3 Å². The highest BCUT2D eigenvalue weighted by Crippen LogP contribution is 2.35. The molecule has 0 saturated carbocycles. The van der Waals surface area contributed by atoms with Crippen LogP contribution in [0.25, 0.3) is 11.0 Å². The molecule has 1 aliphatic rings. The molecule has 1 fully saturated rings.